The molecule has 0 aromatic rings. The molecule has 0 saturated carbocycles. The predicted molar refractivity (Wildman–Crippen MR) is 107 cm³/mol. The Balaban J connectivity index is 2.06. The third-order valence-electron chi connectivity index (χ3n) is 4.51. The third-order valence-corrected chi connectivity index (χ3v) is 4.51. The fourth-order valence-electron chi connectivity index (χ4n) is 2.75. The number of hydrogen-bond acceptors (Lipinski definition) is 5. The van der Waals surface area contributed by atoms with Gasteiger partial charge in [-0.2, -0.15) is 0 Å². The molecule has 1 unspecified atom stereocenters. The summed E-state index contributed by atoms with van der Waals surface area (Å²) in [6.45, 7) is 5.79. The molecule has 0 aromatic carbocycles. The zero-order chi connectivity index (χ0) is 20.0. The van der Waals surface area contributed by atoms with Gasteiger partial charge in [0.05, 0.1) is 5.60 Å². The number of amides is 2. The van der Waals surface area contributed by atoms with Crippen LogP contribution in [0.1, 0.15) is 58.8 Å². The fourth-order valence-corrected chi connectivity index (χ4v) is 2.75. The van der Waals surface area contributed by atoms with E-state index >= 15 is 0 Å². The summed E-state index contributed by atoms with van der Waals surface area (Å²) in [6, 6.07) is 0. The number of allylic oxidation sites excluding steroid dienone is 2. The van der Waals surface area contributed by atoms with E-state index in [0.717, 1.165) is 45.1 Å². The van der Waals surface area contributed by atoms with Gasteiger partial charge in [-0.3, -0.25) is 4.79 Å². The van der Waals surface area contributed by atoms with Crippen molar-refractivity contribution >= 4 is 12.0 Å². The van der Waals surface area contributed by atoms with Crippen molar-refractivity contribution in [2.45, 2.75) is 70.5 Å². The molecule has 0 bridgehead atoms. The van der Waals surface area contributed by atoms with Crippen LogP contribution in [0.15, 0.2) is 12.2 Å². The maximum atomic E-state index is 11.8. The number of hydrogen-bond donors (Lipinski definition) is 3. The van der Waals surface area contributed by atoms with Crippen LogP contribution in [-0.2, 0) is 14.3 Å². The molecule has 2 amide bonds. The zero-order valence-corrected chi connectivity index (χ0v) is 17.1. The second kappa shape index (κ2) is 13.6. The smallest absolute Gasteiger partial charge is 0.407 e. The van der Waals surface area contributed by atoms with Crippen LogP contribution in [0.5, 0.6) is 0 Å². The molecule has 156 valence electrons. The highest BCUT2D eigenvalue weighted by Crippen LogP contribution is 2.15. The number of nitrogens with one attached hydrogen (secondary N) is 3. The number of carbonyl (C=O) groups is 2. The number of rotatable bonds is 11. The average Bonchev–Trinajstić information content (AvgIpc) is 2.60. The van der Waals surface area contributed by atoms with Gasteiger partial charge in [0, 0.05) is 13.1 Å². The van der Waals surface area contributed by atoms with Gasteiger partial charge in [-0.15, -0.1) is 0 Å². The summed E-state index contributed by atoms with van der Waals surface area (Å²) in [6.07, 6.45) is 10.3. The van der Waals surface area contributed by atoms with Crippen molar-refractivity contribution < 1.29 is 19.1 Å². The van der Waals surface area contributed by atoms with E-state index in [1.807, 2.05) is 20.9 Å². The molecule has 0 aromatic heterocycles. The van der Waals surface area contributed by atoms with E-state index in [4.69, 9.17) is 9.47 Å². The highest BCUT2D eigenvalue weighted by atomic mass is 16.6. The van der Waals surface area contributed by atoms with Gasteiger partial charge >= 0.3 is 6.09 Å². The van der Waals surface area contributed by atoms with Crippen molar-refractivity contribution in [2.75, 3.05) is 33.3 Å². The van der Waals surface area contributed by atoms with Gasteiger partial charge in [-0.05, 0) is 72.4 Å². The Hall–Kier alpha value is -1.60. The number of carbonyl (C=O) groups excluding carboxylic acids is 2. The first-order valence-corrected chi connectivity index (χ1v) is 10.1. The molecule has 0 heterocycles. The molecule has 7 nitrogen and oxygen atoms in total. The molecule has 3 N–H and O–H groups in total. The standard InChI is InChI=1S/C20H37N3O4/c1-20(2,12-15-21-3)26-16-18(24)22-13-9-14-23-19(25)27-17-10-7-5-4-6-8-11-17/h4-5,17,21H,6-16H2,1-3H3,(H,22,24)(H,23,25)/b5-4+. The van der Waals surface area contributed by atoms with Crippen LogP contribution in [0.4, 0.5) is 4.79 Å². The summed E-state index contributed by atoms with van der Waals surface area (Å²) in [5.41, 5.74) is -0.335. The van der Waals surface area contributed by atoms with Crippen LogP contribution in [0.3, 0.4) is 0 Å². The Morgan fingerprint density at radius 2 is 1.81 bits per heavy atom. The molecule has 1 rings (SSSR count). The lowest BCUT2D eigenvalue weighted by atomic mass is 10.0. The summed E-state index contributed by atoms with van der Waals surface area (Å²) in [7, 11) is 1.89. The van der Waals surface area contributed by atoms with Gasteiger partial charge < -0.3 is 25.4 Å². The lowest BCUT2D eigenvalue weighted by Gasteiger charge is -2.24. The molecule has 0 radical (unpaired) electrons. The minimum atomic E-state index is -0.370. The van der Waals surface area contributed by atoms with Crippen molar-refractivity contribution in [1.82, 2.24) is 16.0 Å². The first-order chi connectivity index (χ1) is 12.9. The van der Waals surface area contributed by atoms with Gasteiger partial charge in [0.15, 0.2) is 0 Å². The minimum Gasteiger partial charge on any atom is -0.446 e. The lowest BCUT2D eigenvalue weighted by molar-refractivity contribution is -0.131. The number of ether oxygens (including phenoxy) is 2. The van der Waals surface area contributed by atoms with E-state index in [1.165, 1.54) is 0 Å². The van der Waals surface area contributed by atoms with Crippen molar-refractivity contribution in [2.24, 2.45) is 0 Å². The molecule has 1 aliphatic rings. The van der Waals surface area contributed by atoms with E-state index in [0.29, 0.717) is 19.5 Å². The van der Waals surface area contributed by atoms with Crippen LogP contribution in [-0.4, -0.2) is 57.0 Å². The van der Waals surface area contributed by atoms with Gasteiger partial charge in [0.25, 0.3) is 0 Å². The molecule has 1 aliphatic carbocycles. The molecule has 0 fully saturated rings. The van der Waals surface area contributed by atoms with E-state index in [2.05, 4.69) is 28.1 Å². The molecule has 27 heavy (non-hydrogen) atoms. The summed E-state index contributed by atoms with van der Waals surface area (Å²) in [4.78, 5) is 23.7. The topological polar surface area (TPSA) is 88.7 Å². The van der Waals surface area contributed by atoms with E-state index in [9.17, 15) is 9.59 Å². The van der Waals surface area contributed by atoms with Gasteiger partial charge in [-0.25, -0.2) is 4.79 Å². The first-order valence-electron chi connectivity index (χ1n) is 10.1. The van der Waals surface area contributed by atoms with E-state index < -0.39 is 0 Å². The third kappa shape index (κ3) is 12.4. The Morgan fingerprint density at radius 3 is 2.59 bits per heavy atom. The maximum absolute atomic E-state index is 11.8. The molecule has 0 saturated heterocycles. The maximum Gasteiger partial charge on any atom is 0.407 e. The molecular weight excluding hydrogens is 346 g/mol. The van der Waals surface area contributed by atoms with Crippen molar-refractivity contribution in [3.05, 3.63) is 12.2 Å². The molecule has 0 spiro atoms. The summed E-state index contributed by atoms with van der Waals surface area (Å²) < 4.78 is 11.1. The first kappa shape index (κ1) is 23.4. The molecule has 0 aliphatic heterocycles. The minimum absolute atomic E-state index is 0.00179. The molecule has 1 atom stereocenters. The second-order valence-electron chi connectivity index (χ2n) is 7.54. The summed E-state index contributed by atoms with van der Waals surface area (Å²) in [5, 5.41) is 8.62. The number of alkyl carbamates (subject to hydrolysis) is 1. The SMILES string of the molecule is CNCCC(C)(C)OCC(=O)NCCCNC(=O)OC1CC/C=C/CCC1. The van der Waals surface area contributed by atoms with Crippen molar-refractivity contribution in [3.63, 3.8) is 0 Å². The van der Waals surface area contributed by atoms with E-state index in [-0.39, 0.29) is 30.3 Å². The van der Waals surface area contributed by atoms with Gasteiger partial charge in [0.2, 0.25) is 5.91 Å². The van der Waals surface area contributed by atoms with Crippen molar-refractivity contribution in [1.29, 1.82) is 0 Å². The quantitative estimate of drug-likeness (QED) is 0.377. The Bertz CT molecular complexity index is 466. The van der Waals surface area contributed by atoms with Crippen LogP contribution < -0.4 is 16.0 Å². The average molecular weight is 384 g/mol. The lowest BCUT2D eigenvalue weighted by Crippen LogP contribution is -2.36. The van der Waals surface area contributed by atoms with Crippen LogP contribution in [0.25, 0.3) is 0 Å². The zero-order valence-electron chi connectivity index (χ0n) is 17.1. The van der Waals surface area contributed by atoms with Crippen LogP contribution in [0.2, 0.25) is 0 Å². The highest BCUT2D eigenvalue weighted by Gasteiger charge is 2.19. The van der Waals surface area contributed by atoms with Gasteiger partial charge in [0.1, 0.15) is 12.7 Å². The predicted octanol–water partition coefficient (Wildman–Crippen LogP) is 2.51. The fraction of sp³-hybridized carbons (Fsp3) is 0.800. The Kier molecular flexibility index (Phi) is 11.8. The molecule has 7 heteroatoms. The Morgan fingerprint density at radius 1 is 1.07 bits per heavy atom. The normalized spacial score (nSPS) is 18.9. The van der Waals surface area contributed by atoms with Crippen molar-refractivity contribution in [3.8, 4) is 0 Å². The molecular formula is C20H37N3O4. The van der Waals surface area contributed by atoms with E-state index in [1.54, 1.807) is 0 Å². The Labute approximate surface area is 163 Å². The largest absolute Gasteiger partial charge is 0.446 e. The van der Waals surface area contributed by atoms with Crippen LogP contribution >= 0.6 is 0 Å². The monoisotopic (exact) mass is 383 g/mol. The second-order valence-corrected chi connectivity index (χ2v) is 7.54. The summed E-state index contributed by atoms with van der Waals surface area (Å²) in [5.74, 6) is -0.141. The highest BCUT2D eigenvalue weighted by molar-refractivity contribution is 5.77. The van der Waals surface area contributed by atoms with Crippen LogP contribution in [0, 0.1) is 0 Å². The summed E-state index contributed by atoms with van der Waals surface area (Å²) >= 11 is 0. The van der Waals surface area contributed by atoms with Gasteiger partial charge in [-0.1, -0.05) is 12.2 Å².